The van der Waals surface area contributed by atoms with Gasteiger partial charge in [-0.2, -0.15) is 0 Å². The van der Waals surface area contributed by atoms with E-state index in [1.54, 1.807) is 0 Å². The molecule has 7 N–H and O–H groups in total. The second-order valence-electron chi connectivity index (χ2n) is 13.1. The van der Waals surface area contributed by atoms with E-state index in [4.69, 9.17) is 14.0 Å². The van der Waals surface area contributed by atoms with E-state index in [0.717, 1.165) is 57.8 Å². The summed E-state index contributed by atoms with van der Waals surface area (Å²) >= 11 is 0. The second-order valence-corrected chi connectivity index (χ2v) is 14.5. The van der Waals surface area contributed by atoms with E-state index in [-0.39, 0.29) is 25.6 Å². The van der Waals surface area contributed by atoms with Crippen molar-refractivity contribution in [2.24, 2.45) is 0 Å². The third-order valence-corrected chi connectivity index (χ3v) is 9.22. The van der Waals surface area contributed by atoms with Crippen LogP contribution in [0.2, 0.25) is 0 Å². The van der Waals surface area contributed by atoms with Crippen molar-refractivity contribution in [2.45, 2.75) is 187 Å². The number of quaternary nitrogens is 2. The molecule has 0 heterocycles. The molecule has 3 atom stereocenters. The molecule has 0 amide bonds. The fourth-order valence-electron chi connectivity index (χ4n) is 5.16. The number of carbonyl (C=O) groups excluding carboxylic acids is 3. The lowest BCUT2D eigenvalue weighted by Crippen LogP contribution is -2.70. The lowest BCUT2D eigenvalue weighted by molar-refractivity contribution is -0.441. The fourth-order valence-corrected chi connectivity index (χ4v) is 5.95. The van der Waals surface area contributed by atoms with Crippen molar-refractivity contribution >= 4 is 25.7 Å². The molecule has 0 aliphatic carbocycles. The molecule has 50 heavy (non-hydrogen) atoms. The Morgan fingerprint density at radius 2 is 1.04 bits per heavy atom. The van der Waals surface area contributed by atoms with Crippen LogP contribution in [0.5, 0.6) is 0 Å². The first-order valence-electron chi connectivity index (χ1n) is 19.2. The highest BCUT2D eigenvalue weighted by Crippen LogP contribution is 2.38. The van der Waals surface area contributed by atoms with Crippen molar-refractivity contribution in [2.75, 3.05) is 19.8 Å². The number of rotatable bonds is 36. The number of aliphatic carboxylic acids is 1. The van der Waals surface area contributed by atoms with Gasteiger partial charge in [0.25, 0.3) is 7.82 Å². The van der Waals surface area contributed by atoms with Crippen LogP contribution < -0.4 is 21.9 Å². The van der Waals surface area contributed by atoms with Crippen molar-refractivity contribution in [1.29, 1.82) is 0 Å². The van der Waals surface area contributed by atoms with E-state index in [1.807, 2.05) is 0 Å². The number of ether oxygens (including phenoxy) is 2. The molecule has 13 heteroatoms. The van der Waals surface area contributed by atoms with Gasteiger partial charge in [0.1, 0.15) is 25.2 Å². The maximum absolute atomic E-state index is 12.5. The number of carbonyl (C=O) groups is 3. The molecule has 0 rings (SSSR count). The van der Waals surface area contributed by atoms with Gasteiger partial charge < -0.3 is 45.2 Å². The molecular formula is C37H73N2O10P. The quantitative estimate of drug-likeness (QED) is 0.0290. The minimum absolute atomic E-state index is 0. The normalized spacial score (nSPS) is 13.8. The molecule has 0 aromatic heterocycles. The van der Waals surface area contributed by atoms with Crippen LogP contribution >= 0.6 is 7.82 Å². The van der Waals surface area contributed by atoms with E-state index in [1.165, 1.54) is 77.0 Å². The van der Waals surface area contributed by atoms with E-state index in [9.17, 15) is 28.9 Å². The molecule has 0 bridgehead atoms. The smallest absolute Gasteiger partial charge is 0.306 e. The van der Waals surface area contributed by atoms with Crippen LogP contribution in [0.1, 0.15) is 174 Å². The van der Waals surface area contributed by atoms with E-state index in [0.29, 0.717) is 12.8 Å². The average molecular weight is 737 g/mol. The summed E-state index contributed by atoms with van der Waals surface area (Å²) in [5, 5.41) is 10.8. The first-order valence-corrected chi connectivity index (χ1v) is 20.7. The number of phosphoric acid groups is 1. The van der Waals surface area contributed by atoms with Gasteiger partial charge in [-0.15, -0.1) is 0 Å². The molecule has 0 saturated carbocycles. The summed E-state index contributed by atoms with van der Waals surface area (Å²) < 4.78 is 32.2. The Morgan fingerprint density at radius 3 is 1.54 bits per heavy atom. The topological polar surface area (TPSA) is 215 Å². The summed E-state index contributed by atoms with van der Waals surface area (Å²) in [6.45, 7) is 2.64. The molecular weight excluding hydrogens is 663 g/mol. The Kier molecular flexibility index (Phi) is 35.8. The Labute approximate surface area is 303 Å². The van der Waals surface area contributed by atoms with Gasteiger partial charge in [0.05, 0.1) is 6.61 Å². The number of allylic oxidation sites excluding steroid dienone is 2. The minimum Gasteiger partial charge on any atom is -0.756 e. The highest BCUT2D eigenvalue weighted by Gasteiger charge is 2.22. The van der Waals surface area contributed by atoms with Crippen LogP contribution in [-0.2, 0) is 37.5 Å². The maximum atomic E-state index is 12.5. The van der Waals surface area contributed by atoms with Crippen molar-refractivity contribution < 1.29 is 53.2 Å². The number of hydrogen-bond donors (Lipinski definition) is 2. The number of phosphoric ester groups is 1. The molecule has 12 nitrogen and oxygen atoms in total. The summed E-state index contributed by atoms with van der Waals surface area (Å²) in [5.41, 5.74) is 3.23. The SMILES string of the molecule is CCCC/C=C\CCCCCCCC(=O)O[C@H](COC(=O)CCCCCCCCCCCCCCCC)COP(=O)([O-])OC[C@H]([NH3+])C(=O)[O-].[NH4+]. The molecule has 0 spiro atoms. The maximum Gasteiger partial charge on any atom is 0.306 e. The molecule has 0 aromatic rings. The summed E-state index contributed by atoms with van der Waals surface area (Å²) in [6, 6.07) is -1.42. The summed E-state index contributed by atoms with van der Waals surface area (Å²) in [6.07, 6.45) is 29.8. The zero-order valence-electron chi connectivity index (χ0n) is 31.8. The van der Waals surface area contributed by atoms with Crippen molar-refractivity contribution in [3.63, 3.8) is 0 Å². The predicted molar refractivity (Wildman–Crippen MR) is 194 cm³/mol. The van der Waals surface area contributed by atoms with Crippen LogP contribution in [-0.4, -0.2) is 49.9 Å². The minimum atomic E-state index is -4.94. The third-order valence-electron chi connectivity index (χ3n) is 8.29. The van der Waals surface area contributed by atoms with Gasteiger partial charge in [-0.3, -0.25) is 14.2 Å². The van der Waals surface area contributed by atoms with Crippen LogP contribution in [0.3, 0.4) is 0 Å². The lowest BCUT2D eigenvalue weighted by atomic mass is 10.0. The van der Waals surface area contributed by atoms with Gasteiger partial charge in [0, 0.05) is 12.8 Å². The number of hydrogen-bond acceptors (Lipinski definition) is 10. The number of carboxylic acid groups (broad SMARTS) is 1. The van der Waals surface area contributed by atoms with Crippen LogP contribution in [0.4, 0.5) is 0 Å². The van der Waals surface area contributed by atoms with Gasteiger partial charge >= 0.3 is 11.9 Å². The van der Waals surface area contributed by atoms with Gasteiger partial charge in [-0.25, -0.2) is 0 Å². The van der Waals surface area contributed by atoms with E-state index in [2.05, 4.69) is 36.3 Å². The van der Waals surface area contributed by atoms with E-state index < -0.39 is 51.1 Å². The molecule has 296 valence electrons. The molecule has 0 fully saturated rings. The van der Waals surface area contributed by atoms with Crippen LogP contribution in [0.15, 0.2) is 12.2 Å². The largest absolute Gasteiger partial charge is 0.756 e. The highest BCUT2D eigenvalue weighted by atomic mass is 31.2. The summed E-state index contributed by atoms with van der Waals surface area (Å²) in [7, 11) is -4.94. The van der Waals surface area contributed by atoms with E-state index >= 15 is 0 Å². The Bertz CT molecular complexity index is 905. The Hall–Kier alpha value is -1.82. The van der Waals surface area contributed by atoms with Crippen LogP contribution in [0, 0.1) is 0 Å². The van der Waals surface area contributed by atoms with Gasteiger partial charge in [-0.05, 0) is 32.1 Å². The third kappa shape index (κ3) is 34.6. The van der Waals surface area contributed by atoms with Crippen LogP contribution in [0.25, 0.3) is 0 Å². The fraction of sp³-hybridized carbons (Fsp3) is 0.865. The van der Waals surface area contributed by atoms with Gasteiger partial charge in [0.2, 0.25) is 0 Å². The highest BCUT2D eigenvalue weighted by molar-refractivity contribution is 7.45. The van der Waals surface area contributed by atoms with Crippen molar-refractivity contribution in [3.8, 4) is 0 Å². The number of unbranched alkanes of at least 4 members (excludes halogenated alkanes) is 20. The lowest BCUT2D eigenvalue weighted by Gasteiger charge is -2.26. The van der Waals surface area contributed by atoms with Gasteiger partial charge in [-0.1, -0.05) is 142 Å². The first-order chi connectivity index (χ1) is 23.6. The van der Waals surface area contributed by atoms with Gasteiger partial charge in [0.15, 0.2) is 6.10 Å². The number of esters is 2. The second kappa shape index (κ2) is 35.6. The van der Waals surface area contributed by atoms with Crippen molar-refractivity contribution in [3.05, 3.63) is 12.2 Å². The molecule has 0 radical (unpaired) electrons. The molecule has 0 aliphatic rings. The first kappa shape index (κ1) is 50.3. The predicted octanol–water partition coefficient (Wildman–Crippen LogP) is 7.03. The zero-order valence-corrected chi connectivity index (χ0v) is 32.7. The Balaban J connectivity index is 0. The molecule has 1 unspecified atom stereocenters. The molecule has 0 aromatic carbocycles. The molecule has 0 aliphatic heterocycles. The summed E-state index contributed by atoms with van der Waals surface area (Å²) in [4.78, 5) is 47.8. The monoisotopic (exact) mass is 737 g/mol. The standard InChI is InChI=1S/C37H70NO10P.H3N/c1-3-5-7-9-11-13-15-16-17-19-20-22-24-26-28-35(39)45-30-33(31-46-49(43,44)47-32-34(38)37(41)42)48-36(40)29-27-25-23-21-18-14-12-10-8-6-4-2;/h10,12,33-34H,3-9,11,13-32,38H2,1-2H3,(H,41,42)(H,43,44);1H3/b12-10-;/t33-,34+;/m1./s1. The number of carboxylic acids is 1. The summed E-state index contributed by atoms with van der Waals surface area (Å²) in [5.74, 6) is -2.58. The Morgan fingerprint density at radius 1 is 0.620 bits per heavy atom. The zero-order chi connectivity index (χ0) is 36.4. The average Bonchev–Trinajstić information content (AvgIpc) is 3.07. The molecule has 0 saturated heterocycles. The van der Waals surface area contributed by atoms with Crippen molar-refractivity contribution in [1.82, 2.24) is 6.15 Å².